The van der Waals surface area contributed by atoms with Crippen LogP contribution in [0, 0.1) is 11.8 Å². The number of carbonyl (C=O) groups is 2. The zero-order valence-corrected chi connectivity index (χ0v) is 15.8. The zero-order chi connectivity index (χ0) is 18.4. The molecule has 3 rings (SSSR count). The van der Waals surface area contributed by atoms with Gasteiger partial charge in [0.05, 0.1) is 17.2 Å². The molecule has 7 heteroatoms. The van der Waals surface area contributed by atoms with Crippen molar-refractivity contribution in [3.63, 3.8) is 0 Å². The summed E-state index contributed by atoms with van der Waals surface area (Å²) in [5.41, 5.74) is 0.468. The van der Waals surface area contributed by atoms with Gasteiger partial charge in [0.1, 0.15) is 5.82 Å². The molecule has 2 N–H and O–H groups in total. The molecule has 0 bridgehead atoms. The van der Waals surface area contributed by atoms with Gasteiger partial charge in [-0.15, -0.1) is 0 Å². The summed E-state index contributed by atoms with van der Waals surface area (Å²) in [6, 6.07) is 0.0414. The van der Waals surface area contributed by atoms with Crippen molar-refractivity contribution >= 4 is 23.6 Å². The molecule has 0 unspecified atom stereocenters. The fraction of sp³-hybridized carbons (Fsp3) is 0.684. The third-order valence-corrected chi connectivity index (χ3v) is 6.61. The minimum atomic E-state index is -0.732. The highest BCUT2D eigenvalue weighted by atomic mass is 32.2. The first-order valence-corrected chi connectivity index (χ1v) is 10.7. The van der Waals surface area contributed by atoms with Gasteiger partial charge in [0.25, 0.3) is 5.91 Å². The van der Waals surface area contributed by atoms with E-state index in [1.807, 2.05) is 11.8 Å². The number of rotatable bonds is 7. The highest BCUT2D eigenvalue weighted by Gasteiger charge is 2.27. The predicted octanol–water partition coefficient (Wildman–Crippen LogP) is 3.27. The molecule has 1 amide bonds. The van der Waals surface area contributed by atoms with E-state index in [4.69, 9.17) is 5.11 Å². The number of hydrogen-bond acceptors (Lipinski definition) is 5. The molecule has 2 aliphatic rings. The van der Waals surface area contributed by atoms with Gasteiger partial charge in [-0.3, -0.25) is 9.59 Å². The lowest BCUT2D eigenvalue weighted by molar-refractivity contribution is -0.142. The van der Waals surface area contributed by atoms with E-state index in [-0.39, 0.29) is 17.9 Å². The summed E-state index contributed by atoms with van der Waals surface area (Å²) in [5, 5.41) is 12.0. The van der Waals surface area contributed by atoms with E-state index in [1.165, 1.54) is 31.4 Å². The number of hydrogen-bond donors (Lipinski definition) is 2. The summed E-state index contributed by atoms with van der Waals surface area (Å²) >= 11 is 1.88. The molecule has 1 heterocycles. The average molecular weight is 378 g/mol. The summed E-state index contributed by atoms with van der Waals surface area (Å²) in [5.74, 6) is 2.40. The van der Waals surface area contributed by atoms with Gasteiger partial charge in [0.2, 0.25) is 0 Å². The number of carboxylic acid groups (broad SMARTS) is 1. The van der Waals surface area contributed by atoms with Crippen LogP contribution in [0.1, 0.15) is 67.5 Å². The van der Waals surface area contributed by atoms with E-state index in [0.717, 1.165) is 17.5 Å². The number of aromatic nitrogens is 2. The van der Waals surface area contributed by atoms with Crippen molar-refractivity contribution < 1.29 is 14.7 Å². The third kappa shape index (κ3) is 5.43. The van der Waals surface area contributed by atoms with Crippen LogP contribution in [-0.2, 0) is 10.5 Å². The maximum absolute atomic E-state index is 12.3. The van der Waals surface area contributed by atoms with Crippen LogP contribution in [0.5, 0.6) is 0 Å². The molecule has 0 aromatic carbocycles. The lowest BCUT2D eigenvalue weighted by Gasteiger charge is -2.26. The predicted molar refractivity (Wildman–Crippen MR) is 101 cm³/mol. The van der Waals surface area contributed by atoms with Crippen LogP contribution in [0.2, 0.25) is 0 Å². The molecule has 1 aromatic heterocycles. The quantitative estimate of drug-likeness (QED) is 0.758. The van der Waals surface area contributed by atoms with Crippen molar-refractivity contribution in [2.45, 2.75) is 63.2 Å². The van der Waals surface area contributed by atoms with Crippen molar-refractivity contribution in [2.75, 3.05) is 5.75 Å². The number of thioether (sulfide) groups is 1. The largest absolute Gasteiger partial charge is 0.481 e. The minimum Gasteiger partial charge on any atom is -0.481 e. The molecule has 142 valence electrons. The number of aliphatic carboxylic acids is 1. The van der Waals surface area contributed by atoms with E-state index in [9.17, 15) is 9.59 Å². The lowest BCUT2D eigenvalue weighted by Crippen LogP contribution is -2.38. The van der Waals surface area contributed by atoms with Gasteiger partial charge in [0.15, 0.2) is 0 Å². The molecule has 0 aliphatic heterocycles. The second kappa shape index (κ2) is 9.35. The van der Waals surface area contributed by atoms with E-state index >= 15 is 0 Å². The van der Waals surface area contributed by atoms with Crippen LogP contribution in [0.25, 0.3) is 0 Å². The summed E-state index contributed by atoms with van der Waals surface area (Å²) in [6.45, 7) is 0. The van der Waals surface area contributed by atoms with Crippen LogP contribution in [0.3, 0.4) is 0 Å². The smallest absolute Gasteiger partial charge is 0.306 e. The molecule has 6 nitrogen and oxygen atoms in total. The maximum atomic E-state index is 12.3. The normalized spacial score (nSPS) is 23.7. The van der Waals surface area contributed by atoms with E-state index in [2.05, 4.69) is 15.3 Å². The fourth-order valence-corrected chi connectivity index (χ4v) is 4.91. The highest BCUT2D eigenvalue weighted by molar-refractivity contribution is 7.98. The number of carboxylic acids is 1. The van der Waals surface area contributed by atoms with Crippen molar-refractivity contribution in [3.8, 4) is 0 Å². The number of nitrogens with one attached hydrogen (secondary N) is 1. The van der Waals surface area contributed by atoms with Gasteiger partial charge in [-0.1, -0.05) is 12.8 Å². The fourth-order valence-electron chi connectivity index (χ4n) is 3.79. The van der Waals surface area contributed by atoms with Gasteiger partial charge < -0.3 is 10.4 Å². The second-order valence-corrected chi connectivity index (χ2v) is 8.44. The first-order valence-electron chi connectivity index (χ1n) is 9.54. The third-order valence-electron chi connectivity index (χ3n) is 5.44. The molecule has 2 aliphatic carbocycles. The Morgan fingerprint density at radius 2 is 1.73 bits per heavy atom. The van der Waals surface area contributed by atoms with E-state index < -0.39 is 5.97 Å². The Balaban J connectivity index is 1.41. The number of carbonyl (C=O) groups excluding carboxylic acids is 1. The average Bonchev–Trinajstić information content (AvgIpc) is 3.16. The molecule has 0 saturated heterocycles. The topological polar surface area (TPSA) is 92.2 Å². The molecule has 26 heavy (non-hydrogen) atoms. The number of amides is 1. The highest BCUT2D eigenvalue weighted by Crippen LogP contribution is 2.28. The summed E-state index contributed by atoms with van der Waals surface area (Å²) in [4.78, 5) is 31.9. The van der Waals surface area contributed by atoms with Gasteiger partial charge in [-0.25, -0.2) is 9.97 Å². The molecule has 0 radical (unpaired) electrons. The Morgan fingerprint density at radius 1 is 1.08 bits per heavy atom. The second-order valence-electron chi connectivity index (χ2n) is 7.41. The minimum absolute atomic E-state index is 0.0414. The summed E-state index contributed by atoms with van der Waals surface area (Å²) < 4.78 is 0. The molecule has 0 atom stereocenters. The molecule has 2 saturated carbocycles. The van der Waals surface area contributed by atoms with Crippen molar-refractivity contribution in [2.24, 2.45) is 11.8 Å². The Bertz CT molecular complexity index is 609. The zero-order valence-electron chi connectivity index (χ0n) is 15.0. The Labute approximate surface area is 158 Å². The van der Waals surface area contributed by atoms with Gasteiger partial charge >= 0.3 is 5.97 Å². The van der Waals surface area contributed by atoms with Crippen LogP contribution in [0.4, 0.5) is 0 Å². The first kappa shape index (κ1) is 19.1. The van der Waals surface area contributed by atoms with Crippen LogP contribution in [-0.4, -0.2) is 38.7 Å². The van der Waals surface area contributed by atoms with Crippen molar-refractivity contribution in [1.82, 2.24) is 15.3 Å². The monoisotopic (exact) mass is 377 g/mol. The van der Waals surface area contributed by atoms with Crippen molar-refractivity contribution in [1.29, 1.82) is 0 Å². The lowest BCUT2D eigenvalue weighted by atomic mass is 9.86. The Hall–Kier alpha value is -1.63. The van der Waals surface area contributed by atoms with Crippen LogP contribution < -0.4 is 5.32 Å². The molecular weight excluding hydrogens is 350 g/mol. The Kier molecular flexibility index (Phi) is 6.88. The first-order chi connectivity index (χ1) is 12.6. The summed E-state index contributed by atoms with van der Waals surface area (Å²) in [7, 11) is 0. The molecular formula is C19H27N3O3S. The SMILES string of the molecule is O=C(NC1CCC(C(=O)O)CC1)c1cnc(CSCC2CCCC2)nc1. The summed E-state index contributed by atoms with van der Waals surface area (Å²) in [6.07, 6.45) is 11.3. The van der Waals surface area contributed by atoms with Crippen molar-refractivity contribution in [3.05, 3.63) is 23.8 Å². The van der Waals surface area contributed by atoms with E-state index in [0.29, 0.717) is 31.2 Å². The number of nitrogens with zero attached hydrogens (tertiary/aromatic N) is 2. The molecule has 1 aromatic rings. The van der Waals surface area contributed by atoms with E-state index in [1.54, 1.807) is 12.4 Å². The van der Waals surface area contributed by atoms with Gasteiger partial charge in [-0.05, 0) is 50.2 Å². The Morgan fingerprint density at radius 3 is 2.35 bits per heavy atom. The van der Waals surface area contributed by atoms with Gasteiger partial charge in [-0.2, -0.15) is 11.8 Å². The van der Waals surface area contributed by atoms with Crippen LogP contribution in [0.15, 0.2) is 12.4 Å². The maximum Gasteiger partial charge on any atom is 0.306 e. The molecule has 2 fully saturated rings. The standard InChI is InChI=1S/C19H27N3O3S/c23-18(22-16-7-5-14(6-8-16)19(24)25)15-9-20-17(21-10-15)12-26-11-13-3-1-2-4-13/h9-10,13-14,16H,1-8,11-12H2,(H,22,23)(H,24,25). The van der Waals surface area contributed by atoms with Crippen LogP contribution >= 0.6 is 11.8 Å². The molecule has 0 spiro atoms. The van der Waals surface area contributed by atoms with Gasteiger partial charge in [0, 0.05) is 18.4 Å².